The fraction of sp³-hybridized carbons (Fsp3) is 0.222. The molecule has 0 fully saturated rings. The van der Waals surface area contributed by atoms with Gasteiger partial charge >= 0.3 is 0 Å². The fourth-order valence-electron chi connectivity index (χ4n) is 1.07. The Morgan fingerprint density at radius 3 is 2.64 bits per heavy atom. The molecule has 14 heavy (non-hydrogen) atoms. The smallest absolute Gasteiger partial charge is 0.186 e. The van der Waals surface area contributed by atoms with Gasteiger partial charge in [0.05, 0.1) is 10.5 Å². The van der Waals surface area contributed by atoms with Gasteiger partial charge in [0.15, 0.2) is 5.96 Å². The average Bonchev–Trinajstić information content (AvgIpc) is 2.08. The highest BCUT2D eigenvalue weighted by molar-refractivity contribution is 9.10. The first-order valence-corrected chi connectivity index (χ1v) is 4.83. The van der Waals surface area contributed by atoms with Gasteiger partial charge in [0.25, 0.3) is 0 Å². The Morgan fingerprint density at radius 2 is 2.14 bits per heavy atom. The Hall–Kier alpha value is -1.10. The Labute approximate surface area is 90.1 Å². The molecule has 4 N–H and O–H groups in total. The second kappa shape index (κ2) is 4.41. The molecule has 0 aliphatic heterocycles. The molecule has 0 amide bonds. The molecule has 76 valence electrons. The first-order chi connectivity index (χ1) is 6.50. The minimum Gasteiger partial charge on any atom is -0.370 e. The molecule has 0 unspecified atom stereocenters. The molecule has 0 aliphatic rings. The number of aliphatic imine (C=N–C) groups is 1. The van der Waals surface area contributed by atoms with Crippen molar-refractivity contribution in [3.63, 3.8) is 0 Å². The first-order valence-electron chi connectivity index (χ1n) is 4.04. The molecule has 3 nitrogen and oxygen atoms in total. The van der Waals surface area contributed by atoms with Crippen LogP contribution in [0.25, 0.3) is 0 Å². The third-order valence-corrected chi connectivity index (χ3v) is 2.38. The van der Waals surface area contributed by atoms with Crippen LogP contribution < -0.4 is 11.5 Å². The third kappa shape index (κ3) is 2.70. The molecule has 0 heterocycles. The number of hydrogen-bond donors (Lipinski definition) is 2. The maximum absolute atomic E-state index is 12.9. The lowest BCUT2D eigenvalue weighted by Gasteiger charge is -2.07. The Kier molecular flexibility index (Phi) is 3.46. The van der Waals surface area contributed by atoms with Gasteiger partial charge in [-0.2, -0.15) is 0 Å². The standard InChI is InChI=1S/C9H11BrFN3/c1-5(14-9(12)13)6-2-3-8(11)7(10)4-6/h2-5H,1H3,(H4,12,13,14)/t5-/m0/s1. The van der Waals surface area contributed by atoms with E-state index in [-0.39, 0.29) is 17.8 Å². The van der Waals surface area contributed by atoms with Crippen molar-refractivity contribution in [3.8, 4) is 0 Å². The molecule has 0 saturated heterocycles. The van der Waals surface area contributed by atoms with Gasteiger partial charge in [0.2, 0.25) is 0 Å². The molecular weight excluding hydrogens is 249 g/mol. The van der Waals surface area contributed by atoms with Crippen molar-refractivity contribution < 1.29 is 4.39 Å². The lowest BCUT2D eigenvalue weighted by Crippen LogP contribution is -2.23. The summed E-state index contributed by atoms with van der Waals surface area (Å²) in [5, 5.41) is 0. The zero-order valence-electron chi connectivity index (χ0n) is 7.67. The topological polar surface area (TPSA) is 64.4 Å². The summed E-state index contributed by atoms with van der Waals surface area (Å²) in [6, 6.07) is 4.51. The van der Waals surface area contributed by atoms with Gasteiger partial charge in [0, 0.05) is 0 Å². The fourth-order valence-corrected chi connectivity index (χ4v) is 1.47. The van der Waals surface area contributed by atoms with Crippen LogP contribution in [-0.2, 0) is 0 Å². The molecule has 0 saturated carbocycles. The van der Waals surface area contributed by atoms with E-state index in [2.05, 4.69) is 20.9 Å². The molecule has 1 atom stereocenters. The molecule has 0 radical (unpaired) electrons. The van der Waals surface area contributed by atoms with Crippen LogP contribution in [0, 0.1) is 5.82 Å². The average molecular weight is 260 g/mol. The normalized spacial score (nSPS) is 12.2. The molecule has 1 rings (SSSR count). The number of benzene rings is 1. The van der Waals surface area contributed by atoms with Gasteiger partial charge in [-0.1, -0.05) is 6.07 Å². The van der Waals surface area contributed by atoms with E-state index < -0.39 is 0 Å². The number of hydrogen-bond acceptors (Lipinski definition) is 1. The number of halogens is 2. The lowest BCUT2D eigenvalue weighted by molar-refractivity contribution is 0.619. The van der Waals surface area contributed by atoms with Crippen molar-refractivity contribution in [2.45, 2.75) is 13.0 Å². The number of nitrogens with zero attached hydrogens (tertiary/aromatic N) is 1. The Balaban J connectivity index is 2.97. The van der Waals surface area contributed by atoms with Gasteiger partial charge in [-0.25, -0.2) is 9.38 Å². The summed E-state index contributed by atoms with van der Waals surface area (Å²) in [5.41, 5.74) is 11.3. The Morgan fingerprint density at radius 1 is 1.50 bits per heavy atom. The zero-order chi connectivity index (χ0) is 10.7. The summed E-state index contributed by atoms with van der Waals surface area (Å²) in [6.45, 7) is 1.83. The maximum Gasteiger partial charge on any atom is 0.186 e. The van der Waals surface area contributed by atoms with E-state index in [0.717, 1.165) is 5.56 Å². The highest BCUT2D eigenvalue weighted by Gasteiger charge is 2.06. The van der Waals surface area contributed by atoms with E-state index >= 15 is 0 Å². The highest BCUT2D eigenvalue weighted by Crippen LogP contribution is 2.22. The first kappa shape index (κ1) is 11.0. The van der Waals surface area contributed by atoms with Crippen LogP contribution >= 0.6 is 15.9 Å². The molecule has 5 heteroatoms. The van der Waals surface area contributed by atoms with Crippen LogP contribution in [0.15, 0.2) is 27.7 Å². The second-order valence-corrected chi connectivity index (χ2v) is 3.76. The Bertz CT molecular complexity index is 361. The van der Waals surface area contributed by atoms with E-state index in [9.17, 15) is 4.39 Å². The van der Waals surface area contributed by atoms with Gasteiger partial charge < -0.3 is 11.5 Å². The van der Waals surface area contributed by atoms with Crippen molar-refractivity contribution in [2.24, 2.45) is 16.5 Å². The largest absolute Gasteiger partial charge is 0.370 e. The lowest BCUT2D eigenvalue weighted by atomic mass is 10.1. The van der Waals surface area contributed by atoms with Crippen LogP contribution in [0.1, 0.15) is 18.5 Å². The van der Waals surface area contributed by atoms with E-state index in [4.69, 9.17) is 11.5 Å². The summed E-state index contributed by atoms with van der Waals surface area (Å²) >= 11 is 3.09. The zero-order valence-corrected chi connectivity index (χ0v) is 9.25. The van der Waals surface area contributed by atoms with Crippen LogP contribution in [0.3, 0.4) is 0 Å². The number of guanidine groups is 1. The predicted octanol–water partition coefficient (Wildman–Crippen LogP) is 1.92. The summed E-state index contributed by atoms with van der Waals surface area (Å²) in [5.74, 6) is -0.274. The number of nitrogens with two attached hydrogens (primary N) is 2. The van der Waals surface area contributed by atoms with Crippen molar-refractivity contribution in [1.29, 1.82) is 0 Å². The quantitative estimate of drug-likeness (QED) is 0.630. The monoisotopic (exact) mass is 259 g/mol. The van der Waals surface area contributed by atoms with Crippen LogP contribution in [0.4, 0.5) is 4.39 Å². The molecule has 0 bridgehead atoms. The van der Waals surface area contributed by atoms with Gasteiger partial charge in [-0.15, -0.1) is 0 Å². The van der Waals surface area contributed by atoms with Gasteiger partial charge in [-0.3, -0.25) is 0 Å². The second-order valence-electron chi connectivity index (χ2n) is 2.90. The SMILES string of the molecule is C[C@H](N=C(N)N)c1ccc(F)c(Br)c1. The minimum atomic E-state index is -0.300. The predicted molar refractivity (Wildman–Crippen MR) is 58.3 cm³/mol. The molecule has 0 aromatic heterocycles. The van der Waals surface area contributed by atoms with Crippen molar-refractivity contribution in [2.75, 3.05) is 0 Å². The van der Waals surface area contributed by atoms with Crippen molar-refractivity contribution in [3.05, 3.63) is 34.1 Å². The molecule has 1 aromatic rings. The van der Waals surface area contributed by atoms with E-state index in [1.54, 1.807) is 12.1 Å². The molecule has 0 spiro atoms. The summed E-state index contributed by atoms with van der Waals surface area (Å²) in [6.07, 6.45) is 0. The molecule has 0 aliphatic carbocycles. The highest BCUT2D eigenvalue weighted by atomic mass is 79.9. The minimum absolute atomic E-state index is 0.0259. The van der Waals surface area contributed by atoms with Crippen LogP contribution in [0.2, 0.25) is 0 Å². The van der Waals surface area contributed by atoms with E-state index in [1.165, 1.54) is 6.07 Å². The summed E-state index contributed by atoms with van der Waals surface area (Å²) in [4.78, 5) is 3.95. The third-order valence-electron chi connectivity index (χ3n) is 1.77. The van der Waals surface area contributed by atoms with Gasteiger partial charge in [0.1, 0.15) is 5.82 Å². The van der Waals surface area contributed by atoms with Crippen LogP contribution in [-0.4, -0.2) is 5.96 Å². The van der Waals surface area contributed by atoms with E-state index in [1.807, 2.05) is 6.92 Å². The van der Waals surface area contributed by atoms with Crippen LogP contribution in [0.5, 0.6) is 0 Å². The maximum atomic E-state index is 12.9. The van der Waals surface area contributed by atoms with E-state index in [0.29, 0.717) is 4.47 Å². The molecular formula is C9H11BrFN3. The summed E-state index contributed by atoms with van der Waals surface area (Å²) in [7, 11) is 0. The summed E-state index contributed by atoms with van der Waals surface area (Å²) < 4.78 is 13.3. The van der Waals surface area contributed by atoms with Crippen molar-refractivity contribution >= 4 is 21.9 Å². The van der Waals surface area contributed by atoms with Gasteiger partial charge in [-0.05, 0) is 40.5 Å². The number of rotatable bonds is 2. The van der Waals surface area contributed by atoms with Crippen molar-refractivity contribution in [1.82, 2.24) is 0 Å². The molecule has 1 aromatic carbocycles.